The summed E-state index contributed by atoms with van der Waals surface area (Å²) in [5.74, 6) is -1.15. The van der Waals surface area contributed by atoms with E-state index in [-0.39, 0.29) is 36.4 Å². The molecular weight excluding hydrogens is 286 g/mol. The maximum Gasteiger partial charge on any atom is 0.355 e. The van der Waals surface area contributed by atoms with Gasteiger partial charge in [-0.1, -0.05) is 25.7 Å². The molecule has 22 heavy (non-hydrogen) atoms. The highest BCUT2D eigenvalue weighted by atomic mass is 16.5. The topological polar surface area (TPSA) is 96.9 Å². The number of hydrogen-bond donors (Lipinski definition) is 2. The van der Waals surface area contributed by atoms with Gasteiger partial charge in [0.25, 0.3) is 5.91 Å². The Morgan fingerprint density at radius 1 is 1.23 bits per heavy atom. The molecule has 7 heteroatoms. The van der Waals surface area contributed by atoms with Gasteiger partial charge in [0.05, 0.1) is 0 Å². The molecule has 2 N–H and O–H groups in total. The first-order valence-electron chi connectivity index (χ1n) is 7.93. The Bertz CT molecular complexity index is 467. The number of hydrazone groups is 1. The summed E-state index contributed by atoms with van der Waals surface area (Å²) in [6.07, 6.45) is 6.20. The number of hydrogen-bond acceptors (Lipinski definition) is 5. The molecule has 0 aromatic carbocycles. The molecule has 0 bridgehead atoms. The number of rotatable bonds is 4. The SMILES string of the molecule is C[C@H](OC(=O)C1=NNC(=O)CC1)C(=O)NC1CCCCCC1. The maximum atomic E-state index is 12.1. The first kappa shape index (κ1) is 16.5. The number of carbonyl (C=O) groups is 3. The van der Waals surface area contributed by atoms with Gasteiger partial charge in [-0.25, -0.2) is 10.2 Å². The standard InChI is InChI=1S/C15H23N3O4/c1-10(14(20)16-11-6-4-2-3-5-7-11)22-15(21)12-8-9-13(19)18-17-12/h10-11H,2-9H2,1H3,(H,16,20)(H,18,19)/t10-/m0/s1. The van der Waals surface area contributed by atoms with Gasteiger partial charge < -0.3 is 10.1 Å². The number of ether oxygens (including phenoxy) is 1. The van der Waals surface area contributed by atoms with E-state index in [4.69, 9.17) is 4.74 Å². The van der Waals surface area contributed by atoms with Crippen molar-refractivity contribution in [2.75, 3.05) is 0 Å². The molecule has 2 aliphatic rings. The highest BCUT2D eigenvalue weighted by molar-refractivity contribution is 6.37. The Labute approximate surface area is 129 Å². The third-order valence-corrected chi connectivity index (χ3v) is 3.99. The minimum absolute atomic E-state index is 0.147. The molecule has 1 atom stereocenters. The summed E-state index contributed by atoms with van der Waals surface area (Å²) in [5, 5.41) is 6.61. The summed E-state index contributed by atoms with van der Waals surface area (Å²) >= 11 is 0. The van der Waals surface area contributed by atoms with Gasteiger partial charge in [0, 0.05) is 18.9 Å². The summed E-state index contributed by atoms with van der Waals surface area (Å²) in [5.41, 5.74) is 2.38. The zero-order valence-electron chi connectivity index (χ0n) is 12.9. The van der Waals surface area contributed by atoms with E-state index in [9.17, 15) is 14.4 Å². The second-order valence-corrected chi connectivity index (χ2v) is 5.84. The highest BCUT2D eigenvalue weighted by Gasteiger charge is 2.25. The Morgan fingerprint density at radius 3 is 2.50 bits per heavy atom. The van der Waals surface area contributed by atoms with Crippen LogP contribution < -0.4 is 10.7 Å². The van der Waals surface area contributed by atoms with Crippen LogP contribution in [-0.2, 0) is 19.1 Å². The minimum Gasteiger partial charge on any atom is -0.448 e. The van der Waals surface area contributed by atoms with Crippen molar-refractivity contribution in [1.82, 2.24) is 10.7 Å². The van der Waals surface area contributed by atoms with Crippen LogP contribution in [0.3, 0.4) is 0 Å². The summed E-state index contributed by atoms with van der Waals surface area (Å²) < 4.78 is 5.13. The highest BCUT2D eigenvalue weighted by Crippen LogP contribution is 2.17. The number of esters is 1. The lowest BCUT2D eigenvalue weighted by Crippen LogP contribution is -2.43. The van der Waals surface area contributed by atoms with Crippen molar-refractivity contribution >= 4 is 23.5 Å². The number of nitrogens with one attached hydrogen (secondary N) is 2. The van der Waals surface area contributed by atoms with E-state index in [1.807, 2.05) is 0 Å². The zero-order chi connectivity index (χ0) is 15.9. The largest absolute Gasteiger partial charge is 0.448 e. The summed E-state index contributed by atoms with van der Waals surface area (Å²) in [7, 11) is 0. The van der Waals surface area contributed by atoms with Crippen LogP contribution in [0.25, 0.3) is 0 Å². The van der Waals surface area contributed by atoms with Gasteiger partial charge >= 0.3 is 5.97 Å². The molecule has 0 spiro atoms. The van der Waals surface area contributed by atoms with Crippen molar-refractivity contribution in [2.24, 2.45) is 5.10 Å². The lowest BCUT2D eigenvalue weighted by molar-refractivity contribution is -0.149. The predicted molar refractivity (Wildman–Crippen MR) is 80.0 cm³/mol. The summed E-state index contributed by atoms with van der Waals surface area (Å²) in [6, 6.07) is 0.169. The van der Waals surface area contributed by atoms with Gasteiger partial charge in [-0.05, 0) is 19.8 Å². The summed E-state index contributed by atoms with van der Waals surface area (Å²) in [4.78, 5) is 35.0. The molecular formula is C15H23N3O4. The molecule has 2 amide bonds. The summed E-state index contributed by atoms with van der Waals surface area (Å²) in [6.45, 7) is 1.55. The normalized spacial score (nSPS) is 21.1. The molecule has 122 valence electrons. The lowest BCUT2D eigenvalue weighted by atomic mass is 10.1. The molecule has 1 aliphatic heterocycles. The van der Waals surface area contributed by atoms with Gasteiger partial charge in [0.1, 0.15) is 5.71 Å². The smallest absolute Gasteiger partial charge is 0.355 e. The predicted octanol–water partition coefficient (Wildman–Crippen LogP) is 1.02. The molecule has 1 fully saturated rings. The van der Waals surface area contributed by atoms with Crippen LogP contribution in [0, 0.1) is 0 Å². The van der Waals surface area contributed by atoms with E-state index in [1.54, 1.807) is 6.92 Å². The molecule has 0 saturated heterocycles. The van der Waals surface area contributed by atoms with Crippen molar-refractivity contribution in [3.8, 4) is 0 Å². The third kappa shape index (κ3) is 4.82. The fourth-order valence-electron chi connectivity index (χ4n) is 2.65. The van der Waals surface area contributed by atoms with Crippen LogP contribution in [0.15, 0.2) is 5.10 Å². The quantitative estimate of drug-likeness (QED) is 0.598. The van der Waals surface area contributed by atoms with Crippen LogP contribution >= 0.6 is 0 Å². The van der Waals surface area contributed by atoms with E-state index in [0.29, 0.717) is 0 Å². The van der Waals surface area contributed by atoms with Crippen LogP contribution in [0.4, 0.5) is 0 Å². The molecule has 1 saturated carbocycles. The van der Waals surface area contributed by atoms with Gasteiger partial charge in [-0.3, -0.25) is 9.59 Å². The molecule has 7 nitrogen and oxygen atoms in total. The van der Waals surface area contributed by atoms with Crippen molar-refractivity contribution < 1.29 is 19.1 Å². The monoisotopic (exact) mass is 309 g/mol. The Morgan fingerprint density at radius 2 is 1.91 bits per heavy atom. The van der Waals surface area contributed by atoms with E-state index in [0.717, 1.165) is 25.7 Å². The van der Waals surface area contributed by atoms with Gasteiger partial charge in [0.2, 0.25) is 5.91 Å². The first-order chi connectivity index (χ1) is 10.6. The zero-order valence-corrected chi connectivity index (χ0v) is 12.9. The average molecular weight is 309 g/mol. The van der Waals surface area contributed by atoms with Crippen molar-refractivity contribution in [3.63, 3.8) is 0 Å². The van der Waals surface area contributed by atoms with Gasteiger partial charge in [0.15, 0.2) is 6.10 Å². The minimum atomic E-state index is -0.865. The van der Waals surface area contributed by atoms with Crippen LogP contribution in [0.1, 0.15) is 58.3 Å². The Balaban J connectivity index is 1.80. The lowest BCUT2D eigenvalue weighted by Gasteiger charge is -2.20. The molecule has 0 aromatic rings. The maximum absolute atomic E-state index is 12.1. The van der Waals surface area contributed by atoms with Crippen molar-refractivity contribution in [3.05, 3.63) is 0 Å². The van der Waals surface area contributed by atoms with E-state index >= 15 is 0 Å². The average Bonchev–Trinajstić information content (AvgIpc) is 2.76. The van der Waals surface area contributed by atoms with Crippen LogP contribution in [0.5, 0.6) is 0 Å². The number of amides is 2. The number of nitrogens with zero attached hydrogens (tertiary/aromatic N) is 1. The fourth-order valence-corrected chi connectivity index (χ4v) is 2.65. The van der Waals surface area contributed by atoms with E-state index in [2.05, 4.69) is 15.8 Å². The molecule has 0 radical (unpaired) electrons. The Kier molecular flexibility index (Phi) is 5.91. The van der Waals surface area contributed by atoms with Crippen molar-refractivity contribution in [2.45, 2.75) is 70.4 Å². The van der Waals surface area contributed by atoms with Crippen molar-refractivity contribution in [1.29, 1.82) is 0 Å². The second kappa shape index (κ2) is 7.91. The van der Waals surface area contributed by atoms with Crippen LogP contribution in [0.2, 0.25) is 0 Å². The van der Waals surface area contributed by atoms with Gasteiger partial charge in [-0.15, -0.1) is 0 Å². The number of carbonyl (C=O) groups excluding carboxylic acids is 3. The molecule has 0 unspecified atom stereocenters. The van der Waals surface area contributed by atoms with Gasteiger partial charge in [-0.2, -0.15) is 5.10 Å². The van der Waals surface area contributed by atoms with Crippen LogP contribution in [-0.4, -0.2) is 35.6 Å². The van der Waals surface area contributed by atoms with E-state index in [1.165, 1.54) is 12.8 Å². The molecule has 0 aromatic heterocycles. The third-order valence-electron chi connectivity index (χ3n) is 3.99. The molecule has 2 rings (SSSR count). The fraction of sp³-hybridized carbons (Fsp3) is 0.733. The Hall–Kier alpha value is -1.92. The van der Waals surface area contributed by atoms with E-state index < -0.39 is 12.1 Å². The molecule has 1 aliphatic carbocycles. The molecule has 1 heterocycles. The second-order valence-electron chi connectivity index (χ2n) is 5.84. The first-order valence-corrected chi connectivity index (χ1v) is 7.93.